The monoisotopic (exact) mass is 248 g/mol. The quantitative estimate of drug-likeness (QED) is 0.638. The summed E-state index contributed by atoms with van der Waals surface area (Å²) in [5, 5.41) is 0. The zero-order chi connectivity index (χ0) is 13.2. The van der Waals surface area contributed by atoms with Crippen LogP contribution >= 0.6 is 0 Å². The average molecular weight is 248 g/mol. The highest BCUT2D eigenvalue weighted by Gasteiger charge is 2.37. The Morgan fingerprint density at radius 2 is 2.11 bits per heavy atom. The lowest BCUT2D eigenvalue weighted by Crippen LogP contribution is -2.48. The molecule has 0 aromatic heterocycles. The molecule has 0 amide bonds. The first-order chi connectivity index (χ1) is 8.58. The standard InChI is InChI=1S/C15H24N2O/c1-11-7-6-8-13(12(11)2)14(17-16)15(3)9-4-5-10-18-15/h6-8,14,17H,4-5,9-10,16H2,1-3H3. The van der Waals surface area contributed by atoms with Gasteiger partial charge in [-0.3, -0.25) is 11.3 Å². The molecule has 3 nitrogen and oxygen atoms in total. The molecule has 0 radical (unpaired) electrons. The zero-order valence-corrected chi connectivity index (χ0v) is 11.6. The van der Waals surface area contributed by atoms with E-state index in [1.165, 1.54) is 23.1 Å². The summed E-state index contributed by atoms with van der Waals surface area (Å²) < 4.78 is 6.03. The Kier molecular flexibility index (Phi) is 4.05. The maximum atomic E-state index is 6.03. The Bertz CT molecular complexity index is 411. The first-order valence-electron chi connectivity index (χ1n) is 6.75. The van der Waals surface area contributed by atoms with Crippen LogP contribution in [-0.2, 0) is 4.74 Å². The van der Waals surface area contributed by atoms with E-state index in [0.717, 1.165) is 19.4 Å². The fraction of sp³-hybridized carbons (Fsp3) is 0.600. The van der Waals surface area contributed by atoms with E-state index in [9.17, 15) is 0 Å². The molecule has 1 aliphatic heterocycles. The molecule has 2 unspecified atom stereocenters. The minimum atomic E-state index is -0.203. The van der Waals surface area contributed by atoms with Crippen LogP contribution in [0.2, 0.25) is 0 Å². The van der Waals surface area contributed by atoms with Crippen LogP contribution in [0.3, 0.4) is 0 Å². The largest absolute Gasteiger partial charge is 0.373 e. The Morgan fingerprint density at radius 1 is 1.33 bits per heavy atom. The molecular weight excluding hydrogens is 224 g/mol. The van der Waals surface area contributed by atoms with Crippen LogP contribution in [-0.4, -0.2) is 12.2 Å². The molecule has 2 atom stereocenters. The van der Waals surface area contributed by atoms with Gasteiger partial charge in [0.2, 0.25) is 0 Å². The Hall–Kier alpha value is -0.900. The molecular formula is C15H24N2O. The summed E-state index contributed by atoms with van der Waals surface area (Å²) in [6, 6.07) is 6.43. The second kappa shape index (κ2) is 5.39. The van der Waals surface area contributed by atoms with Crippen LogP contribution in [0.15, 0.2) is 18.2 Å². The van der Waals surface area contributed by atoms with Gasteiger partial charge in [0.05, 0.1) is 11.6 Å². The third-order valence-electron chi connectivity index (χ3n) is 4.23. The van der Waals surface area contributed by atoms with E-state index >= 15 is 0 Å². The first kappa shape index (κ1) is 13.5. The zero-order valence-electron chi connectivity index (χ0n) is 11.6. The maximum absolute atomic E-state index is 6.03. The molecule has 1 aromatic carbocycles. The van der Waals surface area contributed by atoms with Crippen LogP contribution in [0.4, 0.5) is 0 Å². The van der Waals surface area contributed by atoms with Gasteiger partial charge in [0.15, 0.2) is 0 Å². The van der Waals surface area contributed by atoms with Crippen molar-refractivity contribution in [2.75, 3.05) is 6.61 Å². The van der Waals surface area contributed by atoms with Gasteiger partial charge in [-0.05, 0) is 56.7 Å². The lowest BCUT2D eigenvalue weighted by Gasteiger charge is -2.41. The summed E-state index contributed by atoms with van der Waals surface area (Å²) in [4.78, 5) is 0. The summed E-state index contributed by atoms with van der Waals surface area (Å²) in [6.45, 7) is 7.29. The highest BCUT2D eigenvalue weighted by molar-refractivity contribution is 5.36. The number of nitrogens with two attached hydrogens (primary N) is 1. The number of benzene rings is 1. The molecule has 1 fully saturated rings. The van der Waals surface area contributed by atoms with Crippen molar-refractivity contribution in [2.24, 2.45) is 5.84 Å². The topological polar surface area (TPSA) is 47.3 Å². The third kappa shape index (κ3) is 2.44. The number of ether oxygens (including phenoxy) is 1. The minimum Gasteiger partial charge on any atom is -0.373 e. The normalized spacial score (nSPS) is 26.0. The van der Waals surface area contributed by atoms with Gasteiger partial charge in [0, 0.05) is 6.61 Å². The number of hydrazine groups is 1. The molecule has 0 spiro atoms. The summed E-state index contributed by atoms with van der Waals surface area (Å²) in [6.07, 6.45) is 3.41. The fourth-order valence-corrected chi connectivity index (χ4v) is 2.86. The van der Waals surface area contributed by atoms with Crippen molar-refractivity contribution >= 4 is 0 Å². The summed E-state index contributed by atoms with van der Waals surface area (Å²) in [5.41, 5.74) is 6.62. The molecule has 1 aliphatic rings. The molecule has 100 valence electrons. The molecule has 0 bridgehead atoms. The Morgan fingerprint density at radius 3 is 2.72 bits per heavy atom. The highest BCUT2D eigenvalue weighted by atomic mass is 16.5. The smallest absolute Gasteiger partial charge is 0.0861 e. The van der Waals surface area contributed by atoms with E-state index in [0.29, 0.717) is 0 Å². The van der Waals surface area contributed by atoms with Crippen molar-refractivity contribution in [3.8, 4) is 0 Å². The lowest BCUT2D eigenvalue weighted by molar-refractivity contribution is -0.0900. The number of hydrogen-bond donors (Lipinski definition) is 2. The van der Waals surface area contributed by atoms with Gasteiger partial charge in [0.25, 0.3) is 0 Å². The molecule has 2 rings (SSSR count). The predicted octanol–water partition coefficient (Wildman–Crippen LogP) is 2.77. The SMILES string of the molecule is Cc1cccc(C(NN)C2(C)CCCCO2)c1C. The van der Waals surface area contributed by atoms with E-state index in [-0.39, 0.29) is 11.6 Å². The highest BCUT2D eigenvalue weighted by Crippen LogP contribution is 2.37. The van der Waals surface area contributed by atoms with Gasteiger partial charge >= 0.3 is 0 Å². The van der Waals surface area contributed by atoms with Crippen molar-refractivity contribution in [1.29, 1.82) is 0 Å². The van der Waals surface area contributed by atoms with Gasteiger partial charge < -0.3 is 4.74 Å². The van der Waals surface area contributed by atoms with Crippen LogP contribution in [0.25, 0.3) is 0 Å². The third-order valence-corrected chi connectivity index (χ3v) is 4.23. The van der Waals surface area contributed by atoms with E-state index in [1.54, 1.807) is 0 Å². The molecule has 3 heteroatoms. The minimum absolute atomic E-state index is 0.0534. The van der Waals surface area contributed by atoms with Gasteiger partial charge in [-0.1, -0.05) is 18.2 Å². The van der Waals surface area contributed by atoms with Crippen LogP contribution in [0.1, 0.15) is 48.9 Å². The number of hydrogen-bond acceptors (Lipinski definition) is 3. The van der Waals surface area contributed by atoms with Crippen molar-refractivity contribution in [2.45, 2.75) is 51.7 Å². The molecule has 0 saturated carbocycles. The number of rotatable bonds is 3. The van der Waals surface area contributed by atoms with Crippen molar-refractivity contribution in [3.63, 3.8) is 0 Å². The Balaban J connectivity index is 2.35. The predicted molar refractivity (Wildman–Crippen MR) is 74.2 cm³/mol. The number of nitrogens with one attached hydrogen (secondary N) is 1. The molecule has 18 heavy (non-hydrogen) atoms. The average Bonchev–Trinajstić information content (AvgIpc) is 2.36. The second-order valence-corrected chi connectivity index (χ2v) is 5.51. The molecule has 1 saturated heterocycles. The van der Waals surface area contributed by atoms with Gasteiger partial charge in [-0.15, -0.1) is 0 Å². The Labute approximate surface area is 110 Å². The van der Waals surface area contributed by atoms with Crippen LogP contribution in [0.5, 0.6) is 0 Å². The van der Waals surface area contributed by atoms with E-state index in [1.807, 2.05) is 0 Å². The van der Waals surface area contributed by atoms with Crippen LogP contribution in [0, 0.1) is 13.8 Å². The molecule has 1 heterocycles. The molecule has 0 aliphatic carbocycles. The first-order valence-corrected chi connectivity index (χ1v) is 6.75. The lowest BCUT2D eigenvalue weighted by atomic mass is 9.82. The van der Waals surface area contributed by atoms with Crippen LogP contribution < -0.4 is 11.3 Å². The van der Waals surface area contributed by atoms with Crippen molar-refractivity contribution < 1.29 is 4.74 Å². The molecule has 1 aromatic rings. The fourth-order valence-electron chi connectivity index (χ4n) is 2.86. The summed E-state index contributed by atoms with van der Waals surface area (Å²) in [5.74, 6) is 5.81. The summed E-state index contributed by atoms with van der Waals surface area (Å²) >= 11 is 0. The van der Waals surface area contributed by atoms with E-state index in [4.69, 9.17) is 10.6 Å². The van der Waals surface area contributed by atoms with Gasteiger partial charge in [-0.2, -0.15) is 0 Å². The second-order valence-electron chi connectivity index (χ2n) is 5.51. The van der Waals surface area contributed by atoms with E-state index in [2.05, 4.69) is 44.4 Å². The molecule has 3 N–H and O–H groups in total. The number of aryl methyl sites for hydroxylation is 1. The van der Waals surface area contributed by atoms with Gasteiger partial charge in [0.1, 0.15) is 0 Å². The maximum Gasteiger partial charge on any atom is 0.0861 e. The van der Waals surface area contributed by atoms with Gasteiger partial charge in [-0.25, -0.2) is 0 Å². The van der Waals surface area contributed by atoms with Crippen molar-refractivity contribution in [3.05, 3.63) is 34.9 Å². The van der Waals surface area contributed by atoms with E-state index < -0.39 is 0 Å². The van der Waals surface area contributed by atoms with Crippen molar-refractivity contribution in [1.82, 2.24) is 5.43 Å². The summed E-state index contributed by atoms with van der Waals surface area (Å²) in [7, 11) is 0.